The number of hydrogen-bond donors (Lipinski definition) is 4. The number of amides is 1. The number of carbonyl (C=O) groups is 1. The summed E-state index contributed by atoms with van der Waals surface area (Å²) in [5.41, 5.74) is 0. The molecule has 1 amide bonds. The molecular formula is C34H68N2O6. The van der Waals surface area contributed by atoms with Crippen molar-refractivity contribution in [3.05, 3.63) is 0 Å². The summed E-state index contributed by atoms with van der Waals surface area (Å²) in [5.74, 6) is -0.0759. The van der Waals surface area contributed by atoms with Gasteiger partial charge >= 0.3 is 0 Å². The van der Waals surface area contributed by atoms with Crippen molar-refractivity contribution in [1.29, 1.82) is 0 Å². The van der Waals surface area contributed by atoms with E-state index >= 15 is 0 Å². The summed E-state index contributed by atoms with van der Waals surface area (Å²) in [6.07, 6.45) is 22.5. The van der Waals surface area contributed by atoms with Gasteiger partial charge in [0, 0.05) is 32.4 Å². The van der Waals surface area contributed by atoms with Gasteiger partial charge < -0.3 is 29.7 Å². The van der Waals surface area contributed by atoms with Crippen LogP contribution in [0.3, 0.4) is 0 Å². The van der Waals surface area contributed by atoms with Crippen LogP contribution in [0.5, 0.6) is 0 Å². The number of rotatable bonds is 30. The zero-order chi connectivity index (χ0) is 30.7. The molecule has 0 aliphatic carbocycles. The van der Waals surface area contributed by atoms with Crippen LogP contribution in [-0.2, 0) is 19.0 Å². The Balaban J connectivity index is 1.91. The van der Waals surface area contributed by atoms with Gasteiger partial charge in [0.15, 0.2) is 12.6 Å². The van der Waals surface area contributed by atoms with Gasteiger partial charge in [-0.25, -0.2) is 0 Å². The lowest BCUT2D eigenvalue weighted by molar-refractivity contribution is -0.163. The van der Waals surface area contributed by atoms with Gasteiger partial charge in [-0.1, -0.05) is 104 Å². The van der Waals surface area contributed by atoms with Crippen molar-refractivity contribution in [2.24, 2.45) is 0 Å². The average Bonchev–Trinajstić information content (AvgIpc) is 3.37. The van der Waals surface area contributed by atoms with Crippen molar-refractivity contribution < 1.29 is 29.2 Å². The second-order valence-corrected chi connectivity index (χ2v) is 12.2. The van der Waals surface area contributed by atoms with Crippen LogP contribution >= 0.6 is 0 Å². The molecule has 42 heavy (non-hydrogen) atoms. The van der Waals surface area contributed by atoms with E-state index in [1.807, 2.05) is 13.8 Å². The molecule has 0 bridgehead atoms. The van der Waals surface area contributed by atoms with E-state index in [0.717, 1.165) is 51.5 Å². The van der Waals surface area contributed by atoms with Gasteiger partial charge in [0.2, 0.25) is 5.91 Å². The summed E-state index contributed by atoms with van der Waals surface area (Å²) < 4.78 is 17.7. The molecule has 1 rings (SSSR count). The fourth-order valence-electron chi connectivity index (χ4n) is 5.62. The normalized spacial score (nSPS) is 20.2. The number of aliphatic hydroxyl groups excluding tert-OH is 2. The Bertz CT molecular complexity index is 611. The maximum atomic E-state index is 11.6. The third-order valence-electron chi connectivity index (χ3n) is 8.23. The molecule has 0 saturated carbocycles. The number of unbranched alkanes of at least 4 members (excludes halogenated alkanes) is 15. The van der Waals surface area contributed by atoms with E-state index < -0.39 is 6.29 Å². The quantitative estimate of drug-likeness (QED) is 0.0514. The highest BCUT2D eigenvalue weighted by molar-refractivity contribution is 5.75. The fraction of sp³-hybridized carbons (Fsp3) is 0.971. The summed E-state index contributed by atoms with van der Waals surface area (Å²) >= 11 is 0. The van der Waals surface area contributed by atoms with Crippen LogP contribution < -0.4 is 10.6 Å². The summed E-state index contributed by atoms with van der Waals surface area (Å²) in [7, 11) is 0. The summed E-state index contributed by atoms with van der Waals surface area (Å²) in [6.45, 7) is 8.26. The van der Waals surface area contributed by atoms with Crippen LogP contribution in [0, 0.1) is 0 Å². The SMILES string of the molecule is CCCCCCCCCCCCCCCC(O)NCCCCCCO[C@@H]1CC(OC(O)CCC(=O)NCC)[C@@H](CC)O1. The number of ether oxygens (including phenoxy) is 3. The molecule has 0 aromatic heterocycles. The monoisotopic (exact) mass is 601 g/mol. The number of aliphatic hydroxyl groups is 2. The van der Waals surface area contributed by atoms with Crippen LogP contribution in [0.4, 0.5) is 0 Å². The van der Waals surface area contributed by atoms with Crippen molar-refractivity contribution in [2.75, 3.05) is 19.7 Å². The van der Waals surface area contributed by atoms with Gasteiger partial charge in [0.05, 0.1) is 12.2 Å². The van der Waals surface area contributed by atoms with Crippen molar-refractivity contribution in [2.45, 2.75) is 193 Å². The van der Waals surface area contributed by atoms with Crippen LogP contribution in [0.25, 0.3) is 0 Å². The summed E-state index contributed by atoms with van der Waals surface area (Å²) in [6, 6.07) is 0. The van der Waals surface area contributed by atoms with Gasteiger partial charge in [0.1, 0.15) is 6.23 Å². The third-order valence-corrected chi connectivity index (χ3v) is 8.23. The van der Waals surface area contributed by atoms with E-state index in [9.17, 15) is 15.0 Å². The van der Waals surface area contributed by atoms with Crippen LogP contribution in [-0.4, -0.2) is 66.8 Å². The number of hydrogen-bond acceptors (Lipinski definition) is 7. The Morgan fingerprint density at radius 1 is 0.810 bits per heavy atom. The van der Waals surface area contributed by atoms with Gasteiger partial charge in [-0.2, -0.15) is 0 Å². The summed E-state index contributed by atoms with van der Waals surface area (Å²) in [5, 5.41) is 26.4. The number of nitrogens with one attached hydrogen (secondary N) is 2. The smallest absolute Gasteiger partial charge is 0.220 e. The molecule has 1 aliphatic heterocycles. The van der Waals surface area contributed by atoms with Crippen LogP contribution in [0.15, 0.2) is 0 Å². The predicted molar refractivity (Wildman–Crippen MR) is 171 cm³/mol. The maximum absolute atomic E-state index is 11.6. The Kier molecular flexibility index (Phi) is 25.9. The highest BCUT2D eigenvalue weighted by Gasteiger charge is 2.36. The lowest BCUT2D eigenvalue weighted by Crippen LogP contribution is -2.30. The van der Waals surface area contributed by atoms with Gasteiger partial charge in [-0.05, 0) is 45.6 Å². The maximum Gasteiger partial charge on any atom is 0.220 e. The van der Waals surface area contributed by atoms with Crippen LogP contribution in [0.1, 0.15) is 162 Å². The van der Waals surface area contributed by atoms with E-state index in [4.69, 9.17) is 14.2 Å². The molecule has 8 heteroatoms. The average molecular weight is 601 g/mol. The standard InChI is InChI=1S/C34H68N2O6/c1-4-7-8-9-10-11-12-13-14-15-16-17-20-23-31(37)36-26-21-18-19-22-27-40-34-28-30(29(5-2)42-34)41-33(39)25-24-32(38)35-6-3/h29-31,33-34,36-37,39H,4-28H2,1-3H3,(H,35,38)/t29-,30?,31?,33?,34+/m1/s1. The molecule has 0 aromatic carbocycles. The molecule has 0 spiro atoms. The molecule has 250 valence electrons. The molecule has 0 radical (unpaired) electrons. The first-order chi connectivity index (χ1) is 20.5. The van der Waals surface area contributed by atoms with Crippen LogP contribution in [0.2, 0.25) is 0 Å². The minimum Gasteiger partial charge on any atom is -0.379 e. The van der Waals surface area contributed by atoms with Gasteiger partial charge in [-0.15, -0.1) is 0 Å². The first kappa shape index (κ1) is 39.3. The second-order valence-electron chi connectivity index (χ2n) is 12.2. The molecule has 4 N–H and O–H groups in total. The Labute approximate surface area is 258 Å². The second kappa shape index (κ2) is 27.8. The largest absolute Gasteiger partial charge is 0.379 e. The molecule has 1 aliphatic rings. The minimum absolute atomic E-state index is 0.0759. The van der Waals surface area contributed by atoms with Crippen molar-refractivity contribution >= 4 is 5.91 Å². The molecule has 5 atom stereocenters. The highest BCUT2D eigenvalue weighted by Crippen LogP contribution is 2.27. The topological polar surface area (TPSA) is 109 Å². The molecular weight excluding hydrogens is 532 g/mol. The Morgan fingerprint density at radius 2 is 1.40 bits per heavy atom. The molecule has 8 nitrogen and oxygen atoms in total. The lowest BCUT2D eigenvalue weighted by atomic mass is 10.0. The zero-order valence-electron chi connectivity index (χ0n) is 27.6. The lowest BCUT2D eigenvalue weighted by Gasteiger charge is -2.20. The van der Waals surface area contributed by atoms with E-state index in [0.29, 0.717) is 19.6 Å². The van der Waals surface area contributed by atoms with E-state index in [1.54, 1.807) is 0 Å². The molecule has 1 saturated heterocycles. The zero-order valence-corrected chi connectivity index (χ0v) is 27.6. The minimum atomic E-state index is -0.976. The van der Waals surface area contributed by atoms with E-state index in [2.05, 4.69) is 17.6 Å². The van der Waals surface area contributed by atoms with Gasteiger partial charge in [-0.3, -0.25) is 10.1 Å². The molecule has 0 aromatic rings. The third kappa shape index (κ3) is 21.8. The first-order valence-electron chi connectivity index (χ1n) is 17.8. The van der Waals surface area contributed by atoms with Crippen molar-refractivity contribution in [3.63, 3.8) is 0 Å². The van der Waals surface area contributed by atoms with Gasteiger partial charge in [0.25, 0.3) is 0 Å². The number of carbonyl (C=O) groups excluding carboxylic acids is 1. The highest BCUT2D eigenvalue weighted by atomic mass is 16.7. The molecule has 1 fully saturated rings. The molecule has 1 heterocycles. The van der Waals surface area contributed by atoms with E-state index in [-0.39, 0.29) is 43.5 Å². The van der Waals surface area contributed by atoms with Crippen molar-refractivity contribution in [1.82, 2.24) is 10.6 Å². The predicted octanol–water partition coefficient (Wildman–Crippen LogP) is 7.10. The fourth-order valence-corrected chi connectivity index (χ4v) is 5.62. The van der Waals surface area contributed by atoms with E-state index in [1.165, 1.54) is 77.0 Å². The molecule has 3 unspecified atom stereocenters. The summed E-state index contributed by atoms with van der Waals surface area (Å²) in [4.78, 5) is 11.6. The Morgan fingerprint density at radius 3 is 2.02 bits per heavy atom. The Hall–Kier alpha value is -0.770. The first-order valence-corrected chi connectivity index (χ1v) is 17.8. The van der Waals surface area contributed by atoms with Crippen molar-refractivity contribution in [3.8, 4) is 0 Å².